The normalized spacial score (nSPS) is 17.2. The molecule has 0 saturated carbocycles. The Kier molecular flexibility index (Phi) is 7.40. The number of aromatic amines is 1. The lowest BCUT2D eigenvalue weighted by Crippen LogP contribution is -2.38. The first-order valence-corrected chi connectivity index (χ1v) is 16.2. The third-order valence-electron chi connectivity index (χ3n) is 9.56. The molecular formula is C36H35FN6O4. The number of ether oxygens (including phenoxy) is 1. The number of aromatic nitrogens is 2. The molecule has 8 rings (SSSR count). The second-order valence-corrected chi connectivity index (χ2v) is 12.6. The minimum absolute atomic E-state index is 0.0483. The molecule has 2 fully saturated rings. The number of rotatable bonds is 8. The molecule has 11 heteroatoms. The third-order valence-corrected chi connectivity index (χ3v) is 9.56. The van der Waals surface area contributed by atoms with Crippen LogP contribution in [-0.2, 0) is 11.2 Å². The fourth-order valence-electron chi connectivity index (χ4n) is 7.25. The van der Waals surface area contributed by atoms with Gasteiger partial charge in [0.2, 0.25) is 11.3 Å². The number of carbonyl (C=O) groups excluding carboxylic acids is 2. The first kappa shape index (κ1) is 29.3. The van der Waals surface area contributed by atoms with Gasteiger partial charge in [-0.2, -0.15) is 0 Å². The van der Waals surface area contributed by atoms with Gasteiger partial charge >= 0.3 is 0 Å². The Morgan fingerprint density at radius 2 is 1.83 bits per heavy atom. The van der Waals surface area contributed by atoms with Crippen molar-refractivity contribution in [3.8, 4) is 17.2 Å². The van der Waals surface area contributed by atoms with Gasteiger partial charge in [-0.25, -0.2) is 4.39 Å². The third kappa shape index (κ3) is 5.30. The molecule has 10 nitrogen and oxygen atoms in total. The Labute approximate surface area is 270 Å². The Hall–Kier alpha value is -5.16. The predicted molar refractivity (Wildman–Crippen MR) is 178 cm³/mol. The SMILES string of the molecule is O=C(Cc1c[nH]c2ccccc12)NC1CCN(c2c(F)cc3c(=O)c(C(=O)NCCN4CCCC4)cn4c3c2Oc2ccccc2-4)C1. The number of amides is 2. The number of hydrogen-bond acceptors (Lipinski definition) is 6. The number of benzene rings is 3. The highest BCUT2D eigenvalue weighted by atomic mass is 19.1. The van der Waals surface area contributed by atoms with Crippen LogP contribution in [-0.4, -0.2) is 71.6 Å². The number of nitrogens with zero attached hydrogens (tertiary/aromatic N) is 3. The molecule has 0 bridgehead atoms. The molecule has 3 aliphatic heterocycles. The van der Waals surface area contributed by atoms with Crippen LogP contribution >= 0.6 is 0 Å². The number of H-pyrrole nitrogens is 1. The topological polar surface area (TPSA) is 112 Å². The average Bonchev–Trinajstić information content (AvgIpc) is 3.85. The summed E-state index contributed by atoms with van der Waals surface area (Å²) in [5.74, 6) is -0.497. The van der Waals surface area contributed by atoms with E-state index in [9.17, 15) is 14.4 Å². The first-order valence-electron chi connectivity index (χ1n) is 16.2. The van der Waals surface area contributed by atoms with Gasteiger partial charge in [0.05, 0.1) is 17.5 Å². The lowest BCUT2D eigenvalue weighted by Gasteiger charge is -2.29. The van der Waals surface area contributed by atoms with Gasteiger partial charge in [-0.1, -0.05) is 30.3 Å². The van der Waals surface area contributed by atoms with Gasteiger partial charge in [0.1, 0.15) is 16.8 Å². The number of halogens is 1. The van der Waals surface area contributed by atoms with Gasteiger partial charge in [-0.15, -0.1) is 0 Å². The number of fused-ring (bicyclic) bond motifs is 3. The maximum Gasteiger partial charge on any atom is 0.256 e. The van der Waals surface area contributed by atoms with Crippen molar-refractivity contribution < 1.29 is 18.7 Å². The molecule has 5 heterocycles. The molecular weight excluding hydrogens is 599 g/mol. The maximum atomic E-state index is 16.2. The molecule has 2 saturated heterocycles. The highest BCUT2D eigenvalue weighted by Gasteiger charge is 2.34. The smallest absolute Gasteiger partial charge is 0.256 e. The molecule has 0 radical (unpaired) electrons. The number of para-hydroxylation sites is 3. The molecule has 3 N–H and O–H groups in total. The number of likely N-dealkylation sites (tertiary alicyclic amines) is 1. The van der Waals surface area contributed by atoms with Gasteiger partial charge in [0.15, 0.2) is 17.3 Å². The molecule has 5 aromatic rings. The summed E-state index contributed by atoms with van der Waals surface area (Å²) in [4.78, 5) is 47.5. The van der Waals surface area contributed by atoms with Crippen LogP contribution in [0.1, 0.15) is 35.2 Å². The van der Waals surface area contributed by atoms with E-state index in [1.165, 1.54) is 6.07 Å². The summed E-state index contributed by atoms with van der Waals surface area (Å²) in [6, 6.07) is 16.2. The molecule has 3 aromatic carbocycles. The summed E-state index contributed by atoms with van der Waals surface area (Å²) in [6.45, 7) is 4.02. The highest BCUT2D eigenvalue weighted by Crippen LogP contribution is 2.47. The van der Waals surface area contributed by atoms with E-state index in [-0.39, 0.29) is 40.8 Å². The van der Waals surface area contributed by atoms with E-state index in [0.717, 1.165) is 42.4 Å². The number of hydrogen-bond donors (Lipinski definition) is 3. The minimum Gasteiger partial charge on any atom is -0.451 e. The Morgan fingerprint density at radius 3 is 2.70 bits per heavy atom. The van der Waals surface area contributed by atoms with Crippen molar-refractivity contribution in [1.82, 2.24) is 25.1 Å². The van der Waals surface area contributed by atoms with Crippen molar-refractivity contribution in [3.05, 3.63) is 94.2 Å². The molecule has 2 amide bonds. The second kappa shape index (κ2) is 11.9. The van der Waals surface area contributed by atoms with E-state index in [2.05, 4.69) is 20.5 Å². The second-order valence-electron chi connectivity index (χ2n) is 12.6. The Morgan fingerprint density at radius 1 is 1.02 bits per heavy atom. The van der Waals surface area contributed by atoms with Crippen LogP contribution in [0.3, 0.4) is 0 Å². The van der Waals surface area contributed by atoms with Crippen LogP contribution in [0, 0.1) is 5.82 Å². The van der Waals surface area contributed by atoms with Crippen LogP contribution in [0.15, 0.2) is 71.8 Å². The van der Waals surface area contributed by atoms with Gasteiger partial charge in [0, 0.05) is 55.5 Å². The van der Waals surface area contributed by atoms with E-state index < -0.39 is 17.2 Å². The number of nitrogens with one attached hydrogen (secondary N) is 3. The summed E-state index contributed by atoms with van der Waals surface area (Å²) in [7, 11) is 0. The summed E-state index contributed by atoms with van der Waals surface area (Å²) in [6.07, 6.45) is 6.56. The largest absolute Gasteiger partial charge is 0.451 e. The molecule has 3 aliphatic rings. The van der Waals surface area contributed by atoms with Crippen molar-refractivity contribution in [3.63, 3.8) is 0 Å². The zero-order valence-corrected chi connectivity index (χ0v) is 25.9. The van der Waals surface area contributed by atoms with Crippen molar-refractivity contribution in [2.75, 3.05) is 44.2 Å². The van der Waals surface area contributed by atoms with Crippen molar-refractivity contribution >= 4 is 39.3 Å². The molecule has 1 unspecified atom stereocenters. The maximum absolute atomic E-state index is 16.2. The van der Waals surface area contributed by atoms with E-state index in [0.29, 0.717) is 49.6 Å². The van der Waals surface area contributed by atoms with Crippen LogP contribution < -0.4 is 25.7 Å². The van der Waals surface area contributed by atoms with Gasteiger partial charge in [-0.05, 0) is 62.2 Å². The summed E-state index contributed by atoms with van der Waals surface area (Å²) in [5.41, 5.74) is 2.59. The van der Waals surface area contributed by atoms with Gasteiger partial charge in [0.25, 0.3) is 5.91 Å². The van der Waals surface area contributed by atoms with E-state index in [4.69, 9.17) is 4.74 Å². The van der Waals surface area contributed by atoms with E-state index >= 15 is 4.39 Å². The monoisotopic (exact) mass is 634 g/mol. The zero-order valence-electron chi connectivity index (χ0n) is 25.9. The average molecular weight is 635 g/mol. The van der Waals surface area contributed by atoms with Crippen LogP contribution in [0.2, 0.25) is 0 Å². The van der Waals surface area contributed by atoms with Crippen LogP contribution in [0.5, 0.6) is 11.5 Å². The standard InChI is InChI=1S/C36H35FN6O4/c37-27-18-25-32-35(33(27)42-15-11-23(20-42)40-31(44)17-22-19-39-28-8-2-1-7-24(22)28)47-30-10-4-3-9-29(30)43(32)21-26(34(25)45)36(46)38-12-16-41-13-5-6-14-41/h1-4,7-10,18-19,21,23,39H,5-6,11-17,20H2,(H,38,46)(H,40,44). The quantitative estimate of drug-likeness (QED) is 0.228. The number of carbonyl (C=O) groups is 2. The Balaban J connectivity index is 1.08. The fraction of sp³-hybridized carbons (Fsp3) is 0.306. The van der Waals surface area contributed by atoms with Crippen molar-refractivity contribution in [1.29, 1.82) is 0 Å². The summed E-state index contributed by atoms with van der Waals surface area (Å²) in [5, 5.41) is 7.10. The predicted octanol–water partition coefficient (Wildman–Crippen LogP) is 4.48. The number of anilines is 1. The van der Waals surface area contributed by atoms with Crippen LogP contribution in [0.25, 0.3) is 27.5 Å². The van der Waals surface area contributed by atoms with E-state index in [1.807, 2.05) is 53.6 Å². The summed E-state index contributed by atoms with van der Waals surface area (Å²) >= 11 is 0. The van der Waals surface area contributed by atoms with Gasteiger partial charge in [-0.3, -0.25) is 14.4 Å². The molecule has 0 aliphatic carbocycles. The molecule has 240 valence electrons. The van der Waals surface area contributed by atoms with E-state index in [1.54, 1.807) is 16.8 Å². The summed E-state index contributed by atoms with van der Waals surface area (Å²) < 4.78 is 24.3. The minimum atomic E-state index is -0.618. The molecule has 0 spiro atoms. The Bertz CT molecular complexity index is 2100. The van der Waals surface area contributed by atoms with Gasteiger partial charge < -0.3 is 34.7 Å². The van der Waals surface area contributed by atoms with Crippen molar-refractivity contribution in [2.24, 2.45) is 0 Å². The lowest BCUT2D eigenvalue weighted by atomic mass is 10.1. The lowest BCUT2D eigenvalue weighted by molar-refractivity contribution is -0.121. The molecule has 47 heavy (non-hydrogen) atoms. The molecule has 2 aromatic heterocycles. The fourth-order valence-corrected chi connectivity index (χ4v) is 7.25. The zero-order chi connectivity index (χ0) is 32.1. The number of pyridine rings is 1. The molecule has 1 atom stereocenters. The first-order chi connectivity index (χ1) is 22.9. The highest BCUT2D eigenvalue weighted by molar-refractivity contribution is 6.01. The van der Waals surface area contributed by atoms with Crippen molar-refractivity contribution in [2.45, 2.75) is 31.7 Å². The van der Waals surface area contributed by atoms with Crippen LogP contribution in [0.4, 0.5) is 10.1 Å².